The minimum absolute atomic E-state index is 0.0783. The molecule has 0 bridgehead atoms. The lowest BCUT2D eigenvalue weighted by Gasteiger charge is -2.25. The van der Waals surface area contributed by atoms with Crippen molar-refractivity contribution in [1.82, 2.24) is 4.90 Å². The third-order valence-electron chi connectivity index (χ3n) is 3.29. The molecule has 0 unspecified atom stereocenters. The van der Waals surface area contributed by atoms with E-state index in [1.54, 1.807) is 0 Å². The summed E-state index contributed by atoms with van der Waals surface area (Å²) in [5.41, 5.74) is 0.355. The van der Waals surface area contributed by atoms with Crippen LogP contribution < -0.4 is 0 Å². The van der Waals surface area contributed by atoms with Crippen LogP contribution in [0.2, 0.25) is 0 Å². The van der Waals surface area contributed by atoms with Crippen molar-refractivity contribution in [2.45, 2.75) is 32.1 Å². The number of hydrogen-bond donors (Lipinski definition) is 2. The molecule has 1 saturated heterocycles. The zero-order valence-electron chi connectivity index (χ0n) is 10.4. The van der Waals surface area contributed by atoms with Crippen molar-refractivity contribution >= 4 is 5.91 Å². The maximum Gasteiger partial charge on any atom is 0.254 e. The van der Waals surface area contributed by atoms with Crippen LogP contribution >= 0.6 is 0 Å². The van der Waals surface area contributed by atoms with Crippen LogP contribution in [0.1, 0.15) is 42.5 Å². The summed E-state index contributed by atoms with van der Waals surface area (Å²) in [6.45, 7) is 1.52. The fourth-order valence-corrected chi connectivity index (χ4v) is 2.35. The summed E-state index contributed by atoms with van der Waals surface area (Å²) in [7, 11) is 0. The normalized spacial score (nSPS) is 17.0. The van der Waals surface area contributed by atoms with Crippen molar-refractivity contribution in [3.8, 4) is 11.5 Å². The van der Waals surface area contributed by atoms with Crippen LogP contribution in [0, 0.1) is 0 Å². The van der Waals surface area contributed by atoms with Crippen molar-refractivity contribution in [3.05, 3.63) is 23.8 Å². The van der Waals surface area contributed by atoms with E-state index in [4.69, 9.17) is 0 Å². The Bertz CT molecular complexity index is 403. The van der Waals surface area contributed by atoms with Crippen LogP contribution in [0.3, 0.4) is 0 Å². The van der Waals surface area contributed by atoms with Gasteiger partial charge < -0.3 is 15.1 Å². The molecular formula is C14H19NO3. The van der Waals surface area contributed by atoms with E-state index in [0.717, 1.165) is 38.8 Å². The SMILES string of the molecule is O=C(c1cc(O)cc(O)c1)N1CCCCCCC1. The zero-order chi connectivity index (χ0) is 13.0. The third kappa shape index (κ3) is 3.15. The van der Waals surface area contributed by atoms with E-state index in [2.05, 4.69) is 0 Å². The molecule has 0 saturated carbocycles. The van der Waals surface area contributed by atoms with Crippen LogP contribution in [0.5, 0.6) is 11.5 Å². The molecule has 1 aliphatic rings. The van der Waals surface area contributed by atoms with Gasteiger partial charge in [0.2, 0.25) is 0 Å². The number of rotatable bonds is 1. The molecule has 1 amide bonds. The number of likely N-dealkylation sites (tertiary alicyclic amines) is 1. The molecule has 0 atom stereocenters. The van der Waals surface area contributed by atoms with Gasteiger partial charge >= 0.3 is 0 Å². The van der Waals surface area contributed by atoms with Gasteiger partial charge in [-0.25, -0.2) is 0 Å². The topological polar surface area (TPSA) is 60.8 Å². The van der Waals surface area contributed by atoms with Gasteiger partial charge in [0.15, 0.2) is 0 Å². The quantitative estimate of drug-likeness (QED) is 0.804. The van der Waals surface area contributed by atoms with Gasteiger partial charge in [-0.05, 0) is 25.0 Å². The van der Waals surface area contributed by atoms with Gasteiger partial charge in [-0.2, -0.15) is 0 Å². The Labute approximate surface area is 107 Å². The molecular weight excluding hydrogens is 230 g/mol. The average Bonchev–Trinajstić information content (AvgIpc) is 2.26. The van der Waals surface area contributed by atoms with Crippen molar-refractivity contribution in [1.29, 1.82) is 0 Å². The second-order valence-electron chi connectivity index (χ2n) is 4.80. The molecule has 0 radical (unpaired) electrons. The summed E-state index contributed by atoms with van der Waals surface area (Å²) in [4.78, 5) is 14.1. The highest BCUT2D eigenvalue weighted by Crippen LogP contribution is 2.22. The Hall–Kier alpha value is -1.71. The number of carbonyl (C=O) groups excluding carboxylic acids is 1. The van der Waals surface area contributed by atoms with Crippen LogP contribution in [-0.4, -0.2) is 34.1 Å². The summed E-state index contributed by atoms with van der Waals surface area (Å²) in [5.74, 6) is -0.265. The first-order valence-electron chi connectivity index (χ1n) is 6.49. The Morgan fingerprint density at radius 1 is 0.889 bits per heavy atom. The summed E-state index contributed by atoms with van der Waals surface area (Å²) < 4.78 is 0. The van der Waals surface area contributed by atoms with Crippen molar-refractivity contribution in [3.63, 3.8) is 0 Å². The van der Waals surface area contributed by atoms with Gasteiger partial charge in [0.1, 0.15) is 11.5 Å². The number of phenols is 2. The van der Waals surface area contributed by atoms with Gasteiger partial charge in [-0.1, -0.05) is 19.3 Å². The second kappa shape index (κ2) is 5.76. The van der Waals surface area contributed by atoms with Gasteiger partial charge in [-0.3, -0.25) is 4.79 Å². The van der Waals surface area contributed by atoms with E-state index in [1.165, 1.54) is 24.6 Å². The number of aromatic hydroxyl groups is 2. The largest absolute Gasteiger partial charge is 0.508 e. The van der Waals surface area contributed by atoms with E-state index in [-0.39, 0.29) is 17.4 Å². The lowest BCUT2D eigenvalue weighted by molar-refractivity contribution is 0.0741. The van der Waals surface area contributed by atoms with Gasteiger partial charge in [0.25, 0.3) is 5.91 Å². The van der Waals surface area contributed by atoms with Crippen LogP contribution in [0.25, 0.3) is 0 Å². The lowest BCUT2D eigenvalue weighted by atomic mass is 10.1. The Kier molecular flexibility index (Phi) is 4.07. The van der Waals surface area contributed by atoms with Gasteiger partial charge in [0, 0.05) is 24.7 Å². The number of benzene rings is 1. The van der Waals surface area contributed by atoms with Crippen LogP contribution in [-0.2, 0) is 0 Å². The first-order valence-corrected chi connectivity index (χ1v) is 6.49. The monoisotopic (exact) mass is 249 g/mol. The summed E-state index contributed by atoms with van der Waals surface area (Å²) in [6.07, 6.45) is 5.62. The fraction of sp³-hybridized carbons (Fsp3) is 0.500. The highest BCUT2D eigenvalue weighted by molar-refractivity contribution is 5.95. The van der Waals surface area contributed by atoms with Crippen LogP contribution in [0.4, 0.5) is 0 Å². The molecule has 0 spiro atoms. The van der Waals surface area contributed by atoms with Crippen LogP contribution in [0.15, 0.2) is 18.2 Å². The minimum Gasteiger partial charge on any atom is -0.508 e. The molecule has 2 N–H and O–H groups in total. The second-order valence-corrected chi connectivity index (χ2v) is 4.80. The number of phenolic OH excluding ortho intramolecular Hbond substituents is 2. The van der Waals surface area contributed by atoms with Crippen molar-refractivity contribution < 1.29 is 15.0 Å². The minimum atomic E-state index is -0.108. The average molecular weight is 249 g/mol. The van der Waals surface area contributed by atoms with E-state index < -0.39 is 0 Å². The first kappa shape index (κ1) is 12.7. The number of nitrogens with zero attached hydrogens (tertiary/aromatic N) is 1. The Morgan fingerprint density at radius 2 is 1.39 bits per heavy atom. The molecule has 0 aliphatic carbocycles. The lowest BCUT2D eigenvalue weighted by Crippen LogP contribution is -2.33. The summed E-state index contributed by atoms with van der Waals surface area (Å²) >= 11 is 0. The van der Waals surface area contributed by atoms with E-state index >= 15 is 0 Å². The van der Waals surface area contributed by atoms with E-state index in [9.17, 15) is 15.0 Å². The smallest absolute Gasteiger partial charge is 0.254 e. The van der Waals surface area contributed by atoms with Gasteiger partial charge in [-0.15, -0.1) is 0 Å². The molecule has 1 heterocycles. The molecule has 1 aromatic carbocycles. The number of hydrogen-bond acceptors (Lipinski definition) is 3. The molecule has 1 fully saturated rings. The summed E-state index contributed by atoms with van der Waals surface area (Å²) in [6, 6.07) is 4.03. The molecule has 0 aromatic heterocycles. The Balaban J connectivity index is 2.13. The maximum absolute atomic E-state index is 12.3. The molecule has 1 aliphatic heterocycles. The predicted molar refractivity (Wildman–Crippen MR) is 68.8 cm³/mol. The Morgan fingerprint density at radius 3 is 1.94 bits per heavy atom. The van der Waals surface area contributed by atoms with E-state index in [0.29, 0.717) is 5.56 Å². The van der Waals surface area contributed by atoms with E-state index in [1.807, 2.05) is 4.90 Å². The van der Waals surface area contributed by atoms with Crippen molar-refractivity contribution in [2.75, 3.05) is 13.1 Å². The number of carbonyl (C=O) groups is 1. The molecule has 1 aromatic rings. The molecule has 4 heteroatoms. The molecule has 4 nitrogen and oxygen atoms in total. The standard InChI is InChI=1S/C14H19NO3/c16-12-8-11(9-13(17)10-12)14(18)15-6-4-2-1-3-5-7-15/h8-10,16-17H,1-7H2. The molecule has 98 valence electrons. The number of amides is 1. The summed E-state index contributed by atoms with van der Waals surface area (Å²) in [5, 5.41) is 18.8. The fourth-order valence-electron chi connectivity index (χ4n) is 2.35. The first-order chi connectivity index (χ1) is 8.66. The zero-order valence-corrected chi connectivity index (χ0v) is 10.4. The predicted octanol–water partition coefficient (Wildman–Crippen LogP) is 2.50. The van der Waals surface area contributed by atoms with Gasteiger partial charge in [0.05, 0.1) is 0 Å². The highest BCUT2D eigenvalue weighted by Gasteiger charge is 2.17. The molecule has 2 rings (SSSR count). The maximum atomic E-state index is 12.3. The highest BCUT2D eigenvalue weighted by atomic mass is 16.3. The third-order valence-corrected chi connectivity index (χ3v) is 3.29. The molecule has 18 heavy (non-hydrogen) atoms. The van der Waals surface area contributed by atoms with Crippen molar-refractivity contribution in [2.24, 2.45) is 0 Å².